The van der Waals surface area contributed by atoms with Crippen LogP contribution in [0, 0.1) is 0 Å². The highest BCUT2D eigenvalue weighted by molar-refractivity contribution is 6.33. The Kier molecular flexibility index (Phi) is 4.87. The molecule has 2 rings (SSSR count). The summed E-state index contributed by atoms with van der Waals surface area (Å²) in [5.41, 5.74) is 2.33. The molecule has 0 bridgehead atoms. The predicted octanol–water partition coefficient (Wildman–Crippen LogP) is 2.67. The van der Waals surface area contributed by atoms with Crippen molar-refractivity contribution in [2.24, 2.45) is 0 Å². The zero-order valence-corrected chi connectivity index (χ0v) is 11.8. The molecule has 0 aliphatic carbocycles. The molecule has 0 radical (unpaired) electrons. The van der Waals surface area contributed by atoms with Gasteiger partial charge in [0, 0.05) is 32.8 Å². The van der Waals surface area contributed by atoms with Crippen LogP contribution in [0.15, 0.2) is 18.2 Å². The highest BCUT2D eigenvalue weighted by atomic mass is 35.5. The first kappa shape index (κ1) is 13.7. The molecule has 100 valence electrons. The molecule has 1 aliphatic rings. The Morgan fingerprint density at radius 1 is 1.39 bits per heavy atom. The lowest BCUT2D eigenvalue weighted by Gasteiger charge is -2.33. The molecule has 1 fully saturated rings. The van der Waals surface area contributed by atoms with Crippen LogP contribution in [0.3, 0.4) is 0 Å². The third-order valence-electron chi connectivity index (χ3n) is 3.51. The molecule has 18 heavy (non-hydrogen) atoms. The minimum atomic E-state index is 0.534. The summed E-state index contributed by atoms with van der Waals surface area (Å²) in [6.07, 6.45) is 2.15. The second-order valence-electron chi connectivity index (χ2n) is 4.77. The Morgan fingerprint density at radius 3 is 2.72 bits per heavy atom. The van der Waals surface area contributed by atoms with Gasteiger partial charge in [-0.1, -0.05) is 17.7 Å². The monoisotopic (exact) mass is 268 g/mol. The lowest BCUT2D eigenvalue weighted by atomic mass is 10.1. The van der Waals surface area contributed by atoms with Crippen molar-refractivity contribution in [1.82, 2.24) is 5.32 Å². The first-order valence-electron chi connectivity index (χ1n) is 6.46. The van der Waals surface area contributed by atoms with Gasteiger partial charge >= 0.3 is 0 Å². The van der Waals surface area contributed by atoms with Crippen molar-refractivity contribution in [1.29, 1.82) is 0 Å². The zero-order chi connectivity index (χ0) is 13.0. The van der Waals surface area contributed by atoms with Crippen LogP contribution in [-0.2, 0) is 11.3 Å². The Morgan fingerprint density at radius 2 is 2.11 bits per heavy atom. The Balaban J connectivity index is 2.11. The number of benzene rings is 1. The number of rotatable bonds is 4. The van der Waals surface area contributed by atoms with E-state index in [0.717, 1.165) is 43.3 Å². The number of hydrogen-bond donors (Lipinski definition) is 1. The predicted molar refractivity (Wildman–Crippen MR) is 76.5 cm³/mol. The van der Waals surface area contributed by atoms with E-state index in [4.69, 9.17) is 16.3 Å². The minimum Gasteiger partial charge on any atom is -0.381 e. The third-order valence-corrected chi connectivity index (χ3v) is 3.81. The van der Waals surface area contributed by atoms with Crippen molar-refractivity contribution in [3.8, 4) is 0 Å². The Bertz CT molecular complexity index is 391. The molecular weight excluding hydrogens is 248 g/mol. The number of nitrogens with zero attached hydrogens (tertiary/aromatic N) is 1. The molecule has 4 heteroatoms. The summed E-state index contributed by atoms with van der Waals surface area (Å²) in [5, 5.41) is 3.96. The zero-order valence-electron chi connectivity index (χ0n) is 11.1. The fourth-order valence-electron chi connectivity index (χ4n) is 2.42. The number of hydrogen-bond acceptors (Lipinski definition) is 3. The highest BCUT2D eigenvalue weighted by Gasteiger charge is 2.20. The van der Waals surface area contributed by atoms with Gasteiger partial charge in [-0.15, -0.1) is 0 Å². The van der Waals surface area contributed by atoms with E-state index in [1.807, 2.05) is 13.1 Å². The summed E-state index contributed by atoms with van der Waals surface area (Å²) < 4.78 is 5.40. The molecule has 1 aromatic carbocycles. The number of anilines is 1. The molecule has 3 nitrogen and oxygen atoms in total. The fourth-order valence-corrected chi connectivity index (χ4v) is 2.76. The van der Waals surface area contributed by atoms with E-state index in [0.29, 0.717) is 6.04 Å². The van der Waals surface area contributed by atoms with Crippen molar-refractivity contribution < 1.29 is 4.74 Å². The maximum absolute atomic E-state index is 6.38. The van der Waals surface area contributed by atoms with E-state index >= 15 is 0 Å². The van der Waals surface area contributed by atoms with E-state index in [1.54, 1.807) is 0 Å². The summed E-state index contributed by atoms with van der Waals surface area (Å²) >= 11 is 6.38. The Hall–Kier alpha value is -0.770. The van der Waals surface area contributed by atoms with Gasteiger partial charge in [0.25, 0.3) is 0 Å². The van der Waals surface area contributed by atoms with Crippen LogP contribution in [0.5, 0.6) is 0 Å². The summed E-state index contributed by atoms with van der Waals surface area (Å²) in [6.45, 7) is 2.55. The first-order chi connectivity index (χ1) is 8.72. The van der Waals surface area contributed by atoms with Crippen molar-refractivity contribution in [2.75, 3.05) is 32.2 Å². The summed E-state index contributed by atoms with van der Waals surface area (Å²) in [7, 11) is 4.06. The van der Waals surface area contributed by atoms with Crippen LogP contribution < -0.4 is 10.2 Å². The standard InChI is InChI=1S/C14H21ClN2O/c1-16-10-11-3-4-14(13(15)9-11)17(2)12-5-7-18-8-6-12/h3-4,9,12,16H,5-8,10H2,1-2H3. The van der Waals surface area contributed by atoms with Gasteiger partial charge in [0.05, 0.1) is 10.7 Å². The topological polar surface area (TPSA) is 24.5 Å². The molecule has 0 atom stereocenters. The van der Waals surface area contributed by atoms with Crippen molar-refractivity contribution in [3.05, 3.63) is 28.8 Å². The lowest BCUT2D eigenvalue weighted by molar-refractivity contribution is 0.0855. The van der Waals surface area contributed by atoms with E-state index in [1.165, 1.54) is 5.56 Å². The van der Waals surface area contributed by atoms with Crippen LogP contribution in [0.4, 0.5) is 5.69 Å². The quantitative estimate of drug-likeness (QED) is 0.909. The van der Waals surface area contributed by atoms with Crippen LogP contribution >= 0.6 is 11.6 Å². The van der Waals surface area contributed by atoms with Crippen molar-refractivity contribution in [2.45, 2.75) is 25.4 Å². The largest absolute Gasteiger partial charge is 0.381 e. The molecule has 1 heterocycles. The minimum absolute atomic E-state index is 0.534. The van der Waals surface area contributed by atoms with Crippen LogP contribution in [0.25, 0.3) is 0 Å². The average molecular weight is 269 g/mol. The highest BCUT2D eigenvalue weighted by Crippen LogP contribution is 2.29. The van der Waals surface area contributed by atoms with Crippen LogP contribution in [0.1, 0.15) is 18.4 Å². The second-order valence-corrected chi connectivity index (χ2v) is 5.18. The normalized spacial score (nSPS) is 16.8. The van der Waals surface area contributed by atoms with E-state index in [-0.39, 0.29) is 0 Å². The molecule has 1 aliphatic heterocycles. The van der Waals surface area contributed by atoms with Gasteiger partial charge in [0.1, 0.15) is 0 Å². The van der Waals surface area contributed by atoms with E-state index in [2.05, 4.69) is 29.4 Å². The molecular formula is C14H21ClN2O. The van der Waals surface area contributed by atoms with Crippen LogP contribution in [-0.4, -0.2) is 33.4 Å². The SMILES string of the molecule is CNCc1ccc(N(C)C2CCOCC2)c(Cl)c1. The van der Waals surface area contributed by atoms with Gasteiger partial charge in [-0.3, -0.25) is 0 Å². The maximum atomic E-state index is 6.38. The van der Waals surface area contributed by atoms with Gasteiger partial charge in [-0.05, 0) is 37.6 Å². The molecule has 1 saturated heterocycles. The average Bonchev–Trinajstić information content (AvgIpc) is 2.40. The van der Waals surface area contributed by atoms with Gasteiger partial charge in [0.15, 0.2) is 0 Å². The molecule has 0 unspecified atom stereocenters. The lowest BCUT2D eigenvalue weighted by Crippen LogP contribution is -2.36. The van der Waals surface area contributed by atoms with Crippen molar-refractivity contribution in [3.63, 3.8) is 0 Å². The Labute approximate surface area is 114 Å². The third kappa shape index (κ3) is 3.16. The smallest absolute Gasteiger partial charge is 0.0642 e. The van der Waals surface area contributed by atoms with E-state index in [9.17, 15) is 0 Å². The summed E-state index contributed by atoms with van der Waals surface area (Å²) in [4.78, 5) is 2.29. The first-order valence-corrected chi connectivity index (χ1v) is 6.83. The number of ether oxygens (including phenoxy) is 1. The molecule has 0 aromatic heterocycles. The second kappa shape index (κ2) is 6.41. The molecule has 0 saturated carbocycles. The molecule has 1 aromatic rings. The van der Waals surface area contributed by atoms with Gasteiger partial charge in [-0.25, -0.2) is 0 Å². The number of halogens is 1. The van der Waals surface area contributed by atoms with Crippen LogP contribution in [0.2, 0.25) is 5.02 Å². The summed E-state index contributed by atoms with van der Waals surface area (Å²) in [5.74, 6) is 0. The fraction of sp³-hybridized carbons (Fsp3) is 0.571. The van der Waals surface area contributed by atoms with E-state index < -0.39 is 0 Å². The maximum Gasteiger partial charge on any atom is 0.0642 e. The summed E-state index contributed by atoms with van der Waals surface area (Å²) in [6, 6.07) is 6.83. The molecule has 0 spiro atoms. The van der Waals surface area contributed by atoms with Gasteiger partial charge in [0.2, 0.25) is 0 Å². The van der Waals surface area contributed by atoms with Gasteiger partial charge in [-0.2, -0.15) is 0 Å². The van der Waals surface area contributed by atoms with Gasteiger partial charge < -0.3 is 15.0 Å². The number of nitrogens with one attached hydrogen (secondary N) is 1. The molecule has 1 N–H and O–H groups in total. The van der Waals surface area contributed by atoms with Crippen molar-refractivity contribution >= 4 is 17.3 Å². The molecule has 0 amide bonds.